The predicted molar refractivity (Wildman–Crippen MR) is 134 cm³/mol. The number of aliphatic hydroxyl groups is 3. The fourth-order valence-electron chi connectivity index (χ4n) is 4.69. The van der Waals surface area contributed by atoms with E-state index in [1.165, 1.54) is 0 Å². The summed E-state index contributed by atoms with van der Waals surface area (Å²) in [7, 11) is 0. The summed E-state index contributed by atoms with van der Waals surface area (Å²) < 4.78 is 4.85. The molecule has 0 saturated heterocycles. The molecular weight excluding hydrogens is 452 g/mol. The molecule has 3 rings (SSSR count). The van der Waals surface area contributed by atoms with Gasteiger partial charge in [-0.15, -0.1) is 11.6 Å². The second kappa shape index (κ2) is 13.6. The lowest BCUT2D eigenvalue weighted by molar-refractivity contribution is -0.144. The second-order valence-corrected chi connectivity index (χ2v) is 9.48. The number of esters is 1. The zero-order valence-corrected chi connectivity index (χ0v) is 20.2. The summed E-state index contributed by atoms with van der Waals surface area (Å²) in [6.45, 7) is -0.110. The van der Waals surface area contributed by atoms with Crippen LogP contribution in [0.15, 0.2) is 66.7 Å². The van der Waals surface area contributed by atoms with E-state index in [0.717, 1.165) is 29.5 Å². The second-order valence-electron chi connectivity index (χ2n) is 8.92. The molecule has 5 nitrogen and oxygen atoms in total. The first kappa shape index (κ1) is 26.4. The molecule has 6 heteroatoms. The van der Waals surface area contributed by atoms with E-state index in [4.69, 9.17) is 21.4 Å². The average Bonchev–Trinajstić information content (AvgIpc) is 3.13. The predicted octanol–water partition coefficient (Wildman–Crippen LogP) is 4.69. The van der Waals surface area contributed by atoms with Crippen molar-refractivity contribution < 1.29 is 24.9 Å². The van der Waals surface area contributed by atoms with Gasteiger partial charge in [0.25, 0.3) is 0 Å². The molecule has 0 radical (unpaired) electrons. The summed E-state index contributed by atoms with van der Waals surface area (Å²) in [6.07, 6.45) is 6.70. The molecule has 1 aliphatic rings. The highest BCUT2D eigenvalue weighted by molar-refractivity contribution is 6.21. The molecule has 2 aromatic carbocycles. The number of aliphatic hydroxyl groups excluding tert-OH is 3. The van der Waals surface area contributed by atoms with Crippen molar-refractivity contribution in [2.45, 2.75) is 62.0 Å². The van der Waals surface area contributed by atoms with E-state index in [1.54, 1.807) is 0 Å². The van der Waals surface area contributed by atoms with E-state index in [0.29, 0.717) is 25.7 Å². The monoisotopic (exact) mass is 486 g/mol. The molecular formula is C28H35ClO5. The summed E-state index contributed by atoms with van der Waals surface area (Å²) in [4.78, 5) is 11.5. The van der Waals surface area contributed by atoms with Crippen molar-refractivity contribution >= 4 is 17.6 Å². The minimum Gasteiger partial charge on any atom is -0.463 e. The number of hydrogen-bond donors (Lipinski definition) is 3. The Hall–Kier alpha value is -2.18. The third-order valence-electron chi connectivity index (χ3n) is 6.47. The lowest BCUT2D eigenvalue weighted by Gasteiger charge is -2.23. The third kappa shape index (κ3) is 7.67. The zero-order chi connectivity index (χ0) is 24.3. The number of hydrogen-bond acceptors (Lipinski definition) is 5. The van der Waals surface area contributed by atoms with E-state index >= 15 is 0 Å². The van der Waals surface area contributed by atoms with Crippen LogP contribution in [-0.2, 0) is 16.0 Å². The van der Waals surface area contributed by atoms with E-state index < -0.39 is 12.2 Å². The number of halogens is 1. The Labute approximate surface area is 207 Å². The fourth-order valence-corrected chi connectivity index (χ4v) is 5.13. The van der Waals surface area contributed by atoms with Gasteiger partial charge in [0, 0.05) is 24.1 Å². The van der Waals surface area contributed by atoms with Gasteiger partial charge >= 0.3 is 5.97 Å². The summed E-state index contributed by atoms with van der Waals surface area (Å²) in [6, 6.07) is 17.8. The molecule has 0 heterocycles. The highest BCUT2D eigenvalue weighted by Gasteiger charge is 2.41. The summed E-state index contributed by atoms with van der Waals surface area (Å²) in [5.74, 6) is -0.233. The van der Waals surface area contributed by atoms with E-state index in [9.17, 15) is 15.0 Å². The van der Waals surface area contributed by atoms with E-state index in [1.807, 2.05) is 60.7 Å². The maximum atomic E-state index is 11.5. The maximum absolute atomic E-state index is 11.5. The zero-order valence-electron chi connectivity index (χ0n) is 19.4. The Bertz CT molecular complexity index is 899. The standard InChI is InChI=1S/C28H35ClO5/c29-24-19-26(32)28(23(24)10-6-1-2-7-11-27(33)34-17-16-30)22-14-12-21(13-15-22)25(31)18-20-8-4-3-5-9-20/h1,3-6,8-9,12-15,23-26,28,30-32H,2,7,10-11,16-19H2/t23-,24+,25?,26+,28+/m0/s1. The Morgan fingerprint density at radius 3 is 2.56 bits per heavy atom. The van der Waals surface area contributed by atoms with Crippen LogP contribution in [0.5, 0.6) is 0 Å². The number of unbranched alkanes of at least 4 members (excludes halogenated alkanes) is 1. The first-order chi connectivity index (χ1) is 16.5. The molecule has 5 atom stereocenters. The van der Waals surface area contributed by atoms with Crippen molar-refractivity contribution in [2.75, 3.05) is 13.2 Å². The van der Waals surface area contributed by atoms with Crippen LogP contribution in [0.3, 0.4) is 0 Å². The van der Waals surface area contributed by atoms with Crippen LogP contribution >= 0.6 is 11.6 Å². The smallest absolute Gasteiger partial charge is 0.305 e. The molecule has 1 unspecified atom stereocenters. The number of carbonyl (C=O) groups excluding carboxylic acids is 1. The summed E-state index contributed by atoms with van der Waals surface area (Å²) in [5, 5.41) is 29.9. The van der Waals surface area contributed by atoms with Gasteiger partial charge in [0.2, 0.25) is 0 Å². The van der Waals surface area contributed by atoms with Gasteiger partial charge in [-0.2, -0.15) is 0 Å². The molecule has 34 heavy (non-hydrogen) atoms. The van der Waals surface area contributed by atoms with Gasteiger partial charge in [0.05, 0.1) is 18.8 Å². The number of ether oxygens (including phenoxy) is 1. The Balaban J connectivity index is 1.54. The van der Waals surface area contributed by atoms with Crippen molar-refractivity contribution in [3.05, 3.63) is 83.4 Å². The summed E-state index contributed by atoms with van der Waals surface area (Å²) >= 11 is 6.60. The van der Waals surface area contributed by atoms with Crippen molar-refractivity contribution in [1.82, 2.24) is 0 Å². The maximum Gasteiger partial charge on any atom is 0.305 e. The topological polar surface area (TPSA) is 87.0 Å². The van der Waals surface area contributed by atoms with Crippen molar-refractivity contribution in [2.24, 2.45) is 5.92 Å². The van der Waals surface area contributed by atoms with Crippen LogP contribution in [-0.4, -0.2) is 46.0 Å². The molecule has 1 saturated carbocycles. The molecule has 2 aromatic rings. The Kier molecular flexibility index (Phi) is 10.6. The normalized spacial score (nSPS) is 23.3. The molecule has 0 amide bonds. The van der Waals surface area contributed by atoms with Crippen LogP contribution in [0, 0.1) is 5.92 Å². The minimum atomic E-state index is -0.578. The molecule has 0 spiro atoms. The van der Waals surface area contributed by atoms with Gasteiger partial charge in [-0.25, -0.2) is 0 Å². The lowest BCUT2D eigenvalue weighted by atomic mass is 9.84. The van der Waals surface area contributed by atoms with Crippen molar-refractivity contribution in [3.8, 4) is 0 Å². The molecule has 0 aromatic heterocycles. The van der Waals surface area contributed by atoms with Crippen LogP contribution in [0.1, 0.15) is 60.8 Å². The molecule has 0 bridgehead atoms. The third-order valence-corrected chi connectivity index (χ3v) is 6.97. The van der Waals surface area contributed by atoms with E-state index in [-0.39, 0.29) is 36.4 Å². The lowest BCUT2D eigenvalue weighted by Crippen LogP contribution is -2.18. The summed E-state index contributed by atoms with van der Waals surface area (Å²) in [5.41, 5.74) is 2.98. The fraction of sp³-hybridized carbons (Fsp3) is 0.464. The number of alkyl halides is 1. The first-order valence-corrected chi connectivity index (χ1v) is 12.5. The largest absolute Gasteiger partial charge is 0.463 e. The molecule has 0 aliphatic heterocycles. The van der Waals surface area contributed by atoms with Crippen LogP contribution in [0.25, 0.3) is 0 Å². The Morgan fingerprint density at radius 2 is 1.85 bits per heavy atom. The Morgan fingerprint density at radius 1 is 1.12 bits per heavy atom. The number of rotatable bonds is 12. The molecule has 184 valence electrons. The van der Waals surface area contributed by atoms with Crippen LogP contribution in [0.4, 0.5) is 0 Å². The van der Waals surface area contributed by atoms with Crippen LogP contribution in [0.2, 0.25) is 0 Å². The highest BCUT2D eigenvalue weighted by Crippen LogP contribution is 2.45. The quantitative estimate of drug-likeness (QED) is 0.175. The molecule has 3 N–H and O–H groups in total. The van der Waals surface area contributed by atoms with Gasteiger partial charge in [-0.05, 0) is 48.3 Å². The molecule has 1 aliphatic carbocycles. The SMILES string of the molecule is O=C(CCCC=CC[C@@H]1[C@@H](c2ccc(C(O)Cc3ccccc3)cc2)[C@H](O)C[C@H]1Cl)OCCO. The number of carbonyl (C=O) groups is 1. The molecule has 1 fully saturated rings. The number of benzene rings is 2. The van der Waals surface area contributed by atoms with Crippen LogP contribution < -0.4 is 0 Å². The first-order valence-electron chi connectivity index (χ1n) is 12.0. The number of allylic oxidation sites excluding steroid dienone is 2. The minimum absolute atomic E-state index is 0.0458. The average molecular weight is 487 g/mol. The van der Waals surface area contributed by atoms with Crippen molar-refractivity contribution in [3.63, 3.8) is 0 Å². The van der Waals surface area contributed by atoms with Gasteiger partial charge in [-0.3, -0.25) is 4.79 Å². The van der Waals surface area contributed by atoms with Gasteiger partial charge in [0.1, 0.15) is 6.61 Å². The van der Waals surface area contributed by atoms with Gasteiger partial charge < -0.3 is 20.1 Å². The van der Waals surface area contributed by atoms with Crippen molar-refractivity contribution in [1.29, 1.82) is 0 Å². The van der Waals surface area contributed by atoms with Gasteiger partial charge in [0.15, 0.2) is 0 Å². The highest BCUT2D eigenvalue weighted by atomic mass is 35.5. The van der Waals surface area contributed by atoms with E-state index in [2.05, 4.69) is 6.08 Å². The van der Waals surface area contributed by atoms with Gasteiger partial charge in [-0.1, -0.05) is 66.7 Å².